The van der Waals surface area contributed by atoms with Gasteiger partial charge in [0.15, 0.2) is 0 Å². The number of hydrogen-bond acceptors (Lipinski definition) is 2. The Morgan fingerprint density at radius 2 is 1.86 bits per heavy atom. The first-order chi connectivity index (χ1) is 14.1. The third-order valence-corrected chi connectivity index (χ3v) is 5.60. The highest BCUT2D eigenvalue weighted by Crippen LogP contribution is 2.27. The number of nitrogens with one attached hydrogen (secondary N) is 3. The topological polar surface area (TPSA) is 77.2 Å². The molecule has 1 aliphatic rings. The van der Waals surface area contributed by atoms with Crippen LogP contribution in [0.5, 0.6) is 0 Å². The van der Waals surface area contributed by atoms with Crippen molar-refractivity contribution in [1.82, 2.24) is 20.5 Å². The van der Waals surface area contributed by atoms with E-state index in [1.54, 1.807) is 11.0 Å². The first kappa shape index (κ1) is 19.3. The Balaban J connectivity index is 1.24. The van der Waals surface area contributed by atoms with Crippen LogP contribution in [-0.4, -0.2) is 34.9 Å². The van der Waals surface area contributed by atoms with Crippen LogP contribution >= 0.6 is 11.6 Å². The van der Waals surface area contributed by atoms with Crippen LogP contribution in [0, 0.1) is 0 Å². The fourth-order valence-electron chi connectivity index (χ4n) is 3.69. The Kier molecular flexibility index (Phi) is 5.71. The Morgan fingerprint density at radius 3 is 2.72 bits per heavy atom. The predicted molar refractivity (Wildman–Crippen MR) is 114 cm³/mol. The minimum atomic E-state index is -0.145. The van der Waals surface area contributed by atoms with Gasteiger partial charge in [0.25, 0.3) is 0 Å². The third-order valence-electron chi connectivity index (χ3n) is 5.23. The molecule has 29 heavy (non-hydrogen) atoms. The average Bonchev–Trinajstić information content (AvgIpc) is 3.11. The number of amides is 3. The molecule has 0 fully saturated rings. The second-order valence-electron chi connectivity index (χ2n) is 7.15. The van der Waals surface area contributed by atoms with Crippen molar-refractivity contribution < 1.29 is 9.59 Å². The van der Waals surface area contributed by atoms with E-state index < -0.39 is 0 Å². The van der Waals surface area contributed by atoms with Crippen molar-refractivity contribution in [2.75, 3.05) is 13.1 Å². The Morgan fingerprint density at radius 1 is 1.07 bits per heavy atom. The molecule has 1 aliphatic heterocycles. The monoisotopic (exact) mass is 410 g/mol. The minimum Gasteiger partial charge on any atom is -0.357 e. The van der Waals surface area contributed by atoms with Crippen molar-refractivity contribution in [2.24, 2.45) is 0 Å². The van der Waals surface area contributed by atoms with Gasteiger partial charge in [-0.25, -0.2) is 4.79 Å². The molecule has 0 atom stereocenters. The first-order valence-electron chi connectivity index (χ1n) is 9.73. The van der Waals surface area contributed by atoms with Gasteiger partial charge in [0.1, 0.15) is 0 Å². The van der Waals surface area contributed by atoms with Crippen LogP contribution < -0.4 is 10.6 Å². The normalized spacial score (nSPS) is 13.2. The number of urea groups is 1. The molecule has 0 spiro atoms. The summed E-state index contributed by atoms with van der Waals surface area (Å²) in [4.78, 5) is 29.7. The molecule has 0 radical (unpaired) electrons. The number of nitrogens with zero attached hydrogens (tertiary/aromatic N) is 1. The van der Waals surface area contributed by atoms with Gasteiger partial charge >= 0.3 is 6.03 Å². The molecule has 0 saturated heterocycles. The molecule has 3 N–H and O–H groups in total. The molecule has 0 saturated carbocycles. The Bertz CT molecular complexity index is 1050. The molecule has 0 unspecified atom stereocenters. The number of aromatic nitrogens is 1. The van der Waals surface area contributed by atoms with Gasteiger partial charge in [0, 0.05) is 47.7 Å². The molecular weight excluding hydrogens is 388 g/mol. The second kappa shape index (κ2) is 8.57. The summed E-state index contributed by atoms with van der Waals surface area (Å²) in [6.07, 6.45) is 1.05. The fraction of sp³-hybridized carbons (Fsp3) is 0.273. The van der Waals surface area contributed by atoms with Crippen LogP contribution in [0.25, 0.3) is 10.9 Å². The largest absolute Gasteiger partial charge is 0.357 e. The van der Waals surface area contributed by atoms with Gasteiger partial charge < -0.3 is 20.5 Å². The summed E-state index contributed by atoms with van der Waals surface area (Å²) in [6.45, 7) is 1.89. The molecule has 2 aromatic carbocycles. The molecule has 7 heteroatoms. The third kappa shape index (κ3) is 4.38. The van der Waals surface area contributed by atoms with Gasteiger partial charge in [0.05, 0.1) is 6.54 Å². The maximum Gasteiger partial charge on any atom is 0.317 e. The maximum absolute atomic E-state index is 12.5. The standard InChI is InChI=1S/C22H23ClN4O2/c23-18-7-3-1-5-15(18)13-25-21(28)9-11-24-22(29)27-12-10-17-16-6-2-4-8-19(16)26-20(17)14-27/h1-8,26H,9-14H2,(H,24,29)(H,25,28). The van der Waals surface area contributed by atoms with E-state index in [1.807, 2.05) is 30.3 Å². The summed E-state index contributed by atoms with van der Waals surface area (Å²) in [5.41, 5.74) is 4.36. The van der Waals surface area contributed by atoms with Gasteiger partial charge in [-0.1, -0.05) is 48.0 Å². The van der Waals surface area contributed by atoms with Crippen molar-refractivity contribution in [2.45, 2.75) is 25.9 Å². The van der Waals surface area contributed by atoms with Crippen LogP contribution in [0.1, 0.15) is 23.2 Å². The lowest BCUT2D eigenvalue weighted by Crippen LogP contribution is -2.43. The molecule has 0 aliphatic carbocycles. The van der Waals surface area contributed by atoms with E-state index in [-0.39, 0.29) is 18.4 Å². The van der Waals surface area contributed by atoms with E-state index in [9.17, 15) is 9.59 Å². The second-order valence-corrected chi connectivity index (χ2v) is 7.56. The van der Waals surface area contributed by atoms with Crippen molar-refractivity contribution in [3.05, 3.63) is 70.4 Å². The van der Waals surface area contributed by atoms with E-state index in [2.05, 4.69) is 27.8 Å². The van der Waals surface area contributed by atoms with E-state index in [0.29, 0.717) is 31.2 Å². The lowest BCUT2D eigenvalue weighted by molar-refractivity contribution is -0.121. The number of rotatable bonds is 5. The lowest BCUT2D eigenvalue weighted by atomic mass is 10.0. The highest BCUT2D eigenvalue weighted by atomic mass is 35.5. The van der Waals surface area contributed by atoms with E-state index in [0.717, 1.165) is 23.2 Å². The Hall–Kier alpha value is -2.99. The van der Waals surface area contributed by atoms with Crippen LogP contribution in [0.3, 0.4) is 0 Å². The minimum absolute atomic E-state index is 0.123. The highest BCUT2D eigenvalue weighted by molar-refractivity contribution is 6.31. The number of benzene rings is 2. The molecule has 2 heterocycles. The summed E-state index contributed by atoms with van der Waals surface area (Å²) in [5.74, 6) is -0.123. The first-order valence-corrected chi connectivity index (χ1v) is 10.1. The van der Waals surface area contributed by atoms with Crippen molar-refractivity contribution in [3.63, 3.8) is 0 Å². The number of halogens is 1. The van der Waals surface area contributed by atoms with E-state index in [4.69, 9.17) is 11.6 Å². The summed E-state index contributed by atoms with van der Waals surface area (Å²) < 4.78 is 0. The van der Waals surface area contributed by atoms with Crippen LogP contribution in [0.4, 0.5) is 4.79 Å². The quantitative estimate of drug-likeness (QED) is 0.601. The molecule has 3 amide bonds. The van der Waals surface area contributed by atoms with Gasteiger partial charge in [-0.3, -0.25) is 4.79 Å². The summed E-state index contributed by atoms with van der Waals surface area (Å²) in [5, 5.41) is 7.53. The van der Waals surface area contributed by atoms with Gasteiger partial charge in [0.2, 0.25) is 5.91 Å². The number of aromatic amines is 1. The summed E-state index contributed by atoms with van der Waals surface area (Å²) >= 11 is 6.09. The molecule has 150 valence electrons. The zero-order valence-electron chi connectivity index (χ0n) is 16.0. The molecule has 6 nitrogen and oxygen atoms in total. The molecular formula is C22H23ClN4O2. The van der Waals surface area contributed by atoms with Gasteiger partial charge in [-0.05, 0) is 29.7 Å². The van der Waals surface area contributed by atoms with E-state index in [1.165, 1.54) is 10.9 Å². The molecule has 4 rings (SSSR count). The van der Waals surface area contributed by atoms with Crippen molar-refractivity contribution in [3.8, 4) is 0 Å². The number of hydrogen-bond donors (Lipinski definition) is 3. The average molecular weight is 411 g/mol. The maximum atomic E-state index is 12.5. The van der Waals surface area contributed by atoms with Gasteiger partial charge in [-0.2, -0.15) is 0 Å². The molecule has 1 aromatic heterocycles. The number of H-pyrrole nitrogens is 1. The predicted octanol–water partition coefficient (Wildman–Crippen LogP) is 3.60. The number of para-hydroxylation sites is 1. The Labute approximate surface area is 174 Å². The number of fused-ring (bicyclic) bond motifs is 3. The summed E-state index contributed by atoms with van der Waals surface area (Å²) in [7, 11) is 0. The van der Waals surface area contributed by atoms with Crippen LogP contribution in [-0.2, 0) is 24.3 Å². The lowest BCUT2D eigenvalue weighted by Gasteiger charge is -2.27. The van der Waals surface area contributed by atoms with Crippen LogP contribution in [0.2, 0.25) is 5.02 Å². The molecule has 0 bridgehead atoms. The number of carbonyl (C=O) groups excluding carboxylic acids is 2. The highest BCUT2D eigenvalue weighted by Gasteiger charge is 2.23. The zero-order valence-corrected chi connectivity index (χ0v) is 16.8. The van der Waals surface area contributed by atoms with Crippen molar-refractivity contribution >= 4 is 34.4 Å². The van der Waals surface area contributed by atoms with Crippen LogP contribution in [0.15, 0.2) is 48.5 Å². The number of carbonyl (C=O) groups is 2. The van der Waals surface area contributed by atoms with Gasteiger partial charge in [-0.15, -0.1) is 0 Å². The van der Waals surface area contributed by atoms with Crippen molar-refractivity contribution in [1.29, 1.82) is 0 Å². The fourth-order valence-corrected chi connectivity index (χ4v) is 3.89. The SMILES string of the molecule is O=C(CCNC(=O)N1CCc2c([nH]c3ccccc23)C1)NCc1ccccc1Cl. The zero-order chi connectivity index (χ0) is 20.2. The summed E-state index contributed by atoms with van der Waals surface area (Å²) in [6, 6.07) is 15.5. The van der Waals surface area contributed by atoms with E-state index >= 15 is 0 Å². The smallest absolute Gasteiger partial charge is 0.317 e. The molecule has 3 aromatic rings.